The van der Waals surface area contributed by atoms with Gasteiger partial charge < -0.3 is 15.5 Å². The van der Waals surface area contributed by atoms with Crippen LogP contribution < -0.4 is 5.32 Å². The second-order valence-corrected chi connectivity index (χ2v) is 9.40. The number of halogens is 3. The lowest BCUT2D eigenvalue weighted by atomic mass is 10.1. The number of aromatic hydroxyl groups is 1. The number of phenols is 1. The predicted octanol–water partition coefficient (Wildman–Crippen LogP) is 6.64. The van der Waals surface area contributed by atoms with E-state index >= 15 is 0 Å². The predicted molar refractivity (Wildman–Crippen MR) is 135 cm³/mol. The van der Waals surface area contributed by atoms with Gasteiger partial charge in [0.15, 0.2) is 0 Å². The Morgan fingerprint density at radius 2 is 1.78 bits per heavy atom. The Balaban J connectivity index is 0.000000384. The van der Waals surface area contributed by atoms with Gasteiger partial charge in [-0.25, -0.2) is 4.79 Å². The third-order valence-electron chi connectivity index (χ3n) is 5.60. The van der Waals surface area contributed by atoms with Gasteiger partial charge in [0.05, 0.1) is 15.9 Å². The van der Waals surface area contributed by atoms with Crippen LogP contribution in [-0.2, 0) is 11.3 Å². The summed E-state index contributed by atoms with van der Waals surface area (Å²) in [4.78, 5) is 17.2. The minimum Gasteiger partial charge on any atom is -0.508 e. The van der Waals surface area contributed by atoms with E-state index < -0.39 is 12.1 Å². The van der Waals surface area contributed by atoms with Crippen LogP contribution in [0.3, 0.4) is 0 Å². The lowest BCUT2D eigenvalue weighted by molar-refractivity contribution is -0.192. The number of hydrogen-bond acceptors (Lipinski definition) is 6. The molecule has 0 atom stereocenters. The maximum atomic E-state index is 10.6. The van der Waals surface area contributed by atoms with Gasteiger partial charge in [-0.15, -0.1) is 11.3 Å². The molecule has 0 aliphatic carbocycles. The Kier molecular flexibility index (Phi) is 7.76. The molecule has 0 radical (unpaired) electrons. The minimum absolute atomic E-state index is 0.252. The zero-order chi connectivity index (χ0) is 25.7. The fraction of sp³-hybridized carbons (Fsp3) is 0.231. The third-order valence-corrected chi connectivity index (χ3v) is 6.80. The molecule has 4 aromatic rings. The fourth-order valence-electron chi connectivity index (χ4n) is 3.94. The van der Waals surface area contributed by atoms with E-state index in [1.165, 1.54) is 41.9 Å². The topological polar surface area (TPSA) is 85.7 Å². The van der Waals surface area contributed by atoms with E-state index in [2.05, 4.69) is 45.5 Å². The average molecular weight is 516 g/mol. The molecule has 188 valence electrons. The molecule has 1 aliphatic heterocycles. The van der Waals surface area contributed by atoms with Crippen molar-refractivity contribution in [1.82, 2.24) is 9.88 Å². The SMILES string of the molecule is O=C(O)C(F)(F)F.Oc1cccc(Nc2ccnc3cc(-c4cccc(CN5CCCC5)c4)sc23)c1. The number of fused-ring (bicyclic) bond motifs is 1. The van der Waals surface area contributed by atoms with E-state index in [9.17, 15) is 18.3 Å². The van der Waals surface area contributed by atoms with Gasteiger partial charge in [-0.1, -0.05) is 24.3 Å². The highest BCUT2D eigenvalue weighted by Crippen LogP contribution is 2.38. The molecule has 1 fully saturated rings. The Bertz CT molecular complexity index is 1350. The molecule has 36 heavy (non-hydrogen) atoms. The van der Waals surface area contributed by atoms with Crippen LogP contribution in [0.2, 0.25) is 0 Å². The molecule has 0 saturated carbocycles. The summed E-state index contributed by atoms with van der Waals surface area (Å²) in [5.41, 5.74) is 5.46. The number of hydrogen-bond donors (Lipinski definition) is 3. The van der Waals surface area contributed by atoms with Crippen LogP contribution >= 0.6 is 11.3 Å². The van der Waals surface area contributed by atoms with Crippen molar-refractivity contribution >= 4 is 38.9 Å². The molecule has 1 aliphatic rings. The Morgan fingerprint density at radius 3 is 2.47 bits per heavy atom. The lowest BCUT2D eigenvalue weighted by Gasteiger charge is -2.14. The Hall–Kier alpha value is -3.63. The van der Waals surface area contributed by atoms with E-state index in [1.54, 1.807) is 23.5 Å². The number of benzene rings is 2. The number of likely N-dealkylation sites (tertiary alicyclic amines) is 1. The molecule has 3 N–H and O–H groups in total. The molecular formula is C26H24F3N3O3S. The fourth-order valence-corrected chi connectivity index (χ4v) is 5.02. The van der Waals surface area contributed by atoms with Crippen LogP contribution in [0.15, 0.2) is 66.9 Å². The molecule has 0 bridgehead atoms. The zero-order valence-electron chi connectivity index (χ0n) is 19.1. The lowest BCUT2D eigenvalue weighted by Crippen LogP contribution is -2.21. The third kappa shape index (κ3) is 6.52. The normalized spacial score (nSPS) is 13.9. The zero-order valence-corrected chi connectivity index (χ0v) is 19.9. The van der Waals surface area contributed by atoms with Crippen LogP contribution in [0, 0.1) is 0 Å². The van der Waals surface area contributed by atoms with Gasteiger partial charge in [-0.3, -0.25) is 9.88 Å². The highest BCUT2D eigenvalue weighted by atomic mass is 32.1. The summed E-state index contributed by atoms with van der Waals surface area (Å²) in [7, 11) is 0. The van der Waals surface area contributed by atoms with Crippen molar-refractivity contribution in [2.24, 2.45) is 0 Å². The number of aliphatic carboxylic acids is 1. The molecule has 0 spiro atoms. The molecule has 5 rings (SSSR count). The van der Waals surface area contributed by atoms with E-state index in [4.69, 9.17) is 9.90 Å². The monoisotopic (exact) mass is 515 g/mol. The van der Waals surface area contributed by atoms with Crippen LogP contribution in [0.1, 0.15) is 18.4 Å². The van der Waals surface area contributed by atoms with E-state index in [1.807, 2.05) is 24.4 Å². The van der Waals surface area contributed by atoms with Gasteiger partial charge in [0.1, 0.15) is 5.75 Å². The van der Waals surface area contributed by atoms with Gasteiger partial charge in [-0.2, -0.15) is 13.2 Å². The van der Waals surface area contributed by atoms with Crippen LogP contribution in [0.25, 0.3) is 20.7 Å². The summed E-state index contributed by atoms with van der Waals surface area (Å²) in [6, 6.07) is 20.2. The number of nitrogens with one attached hydrogen (secondary N) is 1. The Morgan fingerprint density at radius 1 is 1.06 bits per heavy atom. The van der Waals surface area contributed by atoms with Crippen molar-refractivity contribution < 1.29 is 28.2 Å². The molecule has 2 aromatic carbocycles. The number of carbonyl (C=O) groups is 1. The smallest absolute Gasteiger partial charge is 0.490 e. The highest BCUT2D eigenvalue weighted by molar-refractivity contribution is 7.22. The summed E-state index contributed by atoms with van der Waals surface area (Å²) >= 11 is 1.75. The second-order valence-electron chi connectivity index (χ2n) is 8.35. The first-order valence-electron chi connectivity index (χ1n) is 11.3. The van der Waals surface area contributed by atoms with Gasteiger partial charge in [0.25, 0.3) is 0 Å². The van der Waals surface area contributed by atoms with Gasteiger partial charge in [0, 0.05) is 29.4 Å². The molecular weight excluding hydrogens is 491 g/mol. The maximum Gasteiger partial charge on any atom is 0.490 e. The first-order valence-corrected chi connectivity index (χ1v) is 12.1. The van der Waals surface area contributed by atoms with Crippen molar-refractivity contribution in [3.8, 4) is 16.2 Å². The molecule has 0 amide bonds. The van der Waals surface area contributed by atoms with Crippen molar-refractivity contribution in [3.05, 3.63) is 72.4 Å². The number of thiophene rings is 1. The number of nitrogens with zero attached hydrogens (tertiary/aromatic N) is 2. The molecule has 1 saturated heterocycles. The number of phenolic OH excluding ortho intramolecular Hbond substituents is 1. The first-order chi connectivity index (χ1) is 17.2. The second kappa shape index (κ2) is 11.0. The van der Waals surface area contributed by atoms with Gasteiger partial charge in [0.2, 0.25) is 0 Å². The quantitative estimate of drug-likeness (QED) is 0.276. The number of rotatable bonds is 5. The van der Waals surface area contributed by atoms with Crippen molar-refractivity contribution in [2.45, 2.75) is 25.6 Å². The molecule has 2 aromatic heterocycles. The van der Waals surface area contributed by atoms with Crippen LogP contribution in [0.5, 0.6) is 5.75 Å². The van der Waals surface area contributed by atoms with Gasteiger partial charge >= 0.3 is 12.1 Å². The largest absolute Gasteiger partial charge is 0.508 e. The van der Waals surface area contributed by atoms with Crippen molar-refractivity contribution in [3.63, 3.8) is 0 Å². The molecule has 3 heterocycles. The van der Waals surface area contributed by atoms with E-state index in [-0.39, 0.29) is 5.75 Å². The summed E-state index contributed by atoms with van der Waals surface area (Å²) in [5.74, 6) is -2.51. The first kappa shape index (κ1) is 25.5. The minimum atomic E-state index is -5.08. The summed E-state index contributed by atoms with van der Waals surface area (Å²) in [5, 5.41) is 20.3. The van der Waals surface area contributed by atoms with Crippen LogP contribution in [0.4, 0.5) is 24.5 Å². The average Bonchev–Trinajstić information content (AvgIpc) is 3.50. The Labute approximate surface area is 209 Å². The standard InChI is InChI=1S/C24H23N3OS.C2HF3O2/c28-20-8-4-7-19(14-20)26-21-9-10-25-22-15-23(29-24(21)22)18-6-3-5-17(13-18)16-27-11-1-2-12-27;3-2(4,5)1(6)7/h3-10,13-15,28H,1-2,11-12,16H2,(H,25,26);(H,6,7). The number of carboxylic acid groups (broad SMARTS) is 1. The summed E-state index contributed by atoms with van der Waals surface area (Å²) < 4.78 is 32.9. The number of pyridine rings is 1. The summed E-state index contributed by atoms with van der Waals surface area (Å²) in [6.45, 7) is 3.45. The number of carboxylic acids is 1. The maximum absolute atomic E-state index is 10.6. The summed E-state index contributed by atoms with van der Waals surface area (Å²) in [6.07, 6.45) is -0.624. The molecule has 6 nitrogen and oxygen atoms in total. The number of anilines is 2. The van der Waals surface area contributed by atoms with E-state index in [0.717, 1.165) is 28.1 Å². The van der Waals surface area contributed by atoms with Crippen molar-refractivity contribution in [2.75, 3.05) is 18.4 Å². The van der Waals surface area contributed by atoms with Crippen molar-refractivity contribution in [1.29, 1.82) is 0 Å². The van der Waals surface area contributed by atoms with Gasteiger partial charge in [-0.05, 0) is 67.4 Å². The van der Waals surface area contributed by atoms with E-state index in [0.29, 0.717) is 0 Å². The number of alkyl halides is 3. The van der Waals surface area contributed by atoms with Crippen LogP contribution in [-0.4, -0.2) is 45.3 Å². The molecule has 0 unspecified atom stereocenters. The highest BCUT2D eigenvalue weighted by Gasteiger charge is 2.38. The molecule has 10 heteroatoms. The number of aromatic nitrogens is 1.